The Kier molecular flexibility index (Phi) is 5.63. The maximum atomic E-state index is 5.39. The molecular weight excluding hydrogens is 224 g/mol. The topological polar surface area (TPSA) is 24.5 Å². The zero-order valence-electron chi connectivity index (χ0n) is 12.3. The molecule has 0 amide bonds. The highest BCUT2D eigenvalue weighted by molar-refractivity contribution is 5.45. The van der Waals surface area contributed by atoms with Crippen LogP contribution in [-0.2, 0) is 11.3 Å². The third-order valence-electron chi connectivity index (χ3n) is 3.24. The third-order valence-corrected chi connectivity index (χ3v) is 3.24. The lowest BCUT2D eigenvalue weighted by atomic mass is 10.1. The summed E-state index contributed by atoms with van der Waals surface area (Å²) in [6.07, 6.45) is 1.01. The van der Waals surface area contributed by atoms with Crippen molar-refractivity contribution in [1.82, 2.24) is 5.32 Å². The van der Waals surface area contributed by atoms with Gasteiger partial charge in [-0.25, -0.2) is 0 Å². The standard InChI is InChI=1S/C15H26N2O/c1-15(2,18-5)10-11-16-12-13-6-8-14(9-7-13)17(3)4/h6-9,16H,10-12H2,1-5H3. The number of anilines is 1. The van der Waals surface area contributed by atoms with E-state index < -0.39 is 0 Å². The molecule has 3 heteroatoms. The van der Waals surface area contributed by atoms with Crippen LogP contribution < -0.4 is 10.2 Å². The van der Waals surface area contributed by atoms with Crippen molar-refractivity contribution in [3.63, 3.8) is 0 Å². The van der Waals surface area contributed by atoms with E-state index in [0.717, 1.165) is 19.5 Å². The maximum Gasteiger partial charge on any atom is 0.0634 e. The summed E-state index contributed by atoms with van der Waals surface area (Å²) >= 11 is 0. The zero-order valence-corrected chi connectivity index (χ0v) is 12.3. The summed E-state index contributed by atoms with van der Waals surface area (Å²) in [6, 6.07) is 8.64. The predicted octanol–water partition coefficient (Wildman–Crippen LogP) is 2.66. The average Bonchev–Trinajstić information content (AvgIpc) is 2.35. The fraction of sp³-hybridized carbons (Fsp3) is 0.600. The van der Waals surface area contributed by atoms with Crippen molar-refractivity contribution in [2.45, 2.75) is 32.4 Å². The van der Waals surface area contributed by atoms with Gasteiger partial charge in [-0.3, -0.25) is 0 Å². The van der Waals surface area contributed by atoms with E-state index in [1.54, 1.807) is 7.11 Å². The minimum Gasteiger partial charge on any atom is -0.379 e. The van der Waals surface area contributed by atoms with E-state index in [0.29, 0.717) is 0 Å². The van der Waals surface area contributed by atoms with E-state index in [-0.39, 0.29) is 5.60 Å². The molecule has 0 spiro atoms. The van der Waals surface area contributed by atoms with Gasteiger partial charge in [-0.2, -0.15) is 0 Å². The van der Waals surface area contributed by atoms with Gasteiger partial charge in [0.1, 0.15) is 0 Å². The van der Waals surface area contributed by atoms with Crippen molar-refractivity contribution in [3.05, 3.63) is 29.8 Å². The molecule has 3 nitrogen and oxygen atoms in total. The Morgan fingerprint density at radius 1 is 1.17 bits per heavy atom. The van der Waals surface area contributed by atoms with Crippen LogP contribution in [0.3, 0.4) is 0 Å². The molecule has 0 atom stereocenters. The molecule has 0 radical (unpaired) electrons. The maximum absolute atomic E-state index is 5.39. The molecule has 0 aliphatic carbocycles. The fourth-order valence-electron chi connectivity index (χ4n) is 1.64. The van der Waals surface area contributed by atoms with E-state index >= 15 is 0 Å². The van der Waals surface area contributed by atoms with E-state index in [1.165, 1.54) is 11.3 Å². The third kappa shape index (κ3) is 5.07. The van der Waals surface area contributed by atoms with Gasteiger partial charge in [0, 0.05) is 33.4 Å². The molecule has 1 rings (SSSR count). The molecule has 18 heavy (non-hydrogen) atoms. The monoisotopic (exact) mass is 250 g/mol. The van der Waals surface area contributed by atoms with E-state index in [4.69, 9.17) is 4.74 Å². The van der Waals surface area contributed by atoms with Crippen LogP contribution >= 0.6 is 0 Å². The van der Waals surface area contributed by atoms with E-state index in [2.05, 4.69) is 62.4 Å². The largest absolute Gasteiger partial charge is 0.379 e. The first-order chi connectivity index (χ1) is 8.44. The number of nitrogens with zero attached hydrogens (tertiary/aromatic N) is 1. The molecule has 0 aromatic heterocycles. The second kappa shape index (κ2) is 6.76. The van der Waals surface area contributed by atoms with Crippen LogP contribution in [0.15, 0.2) is 24.3 Å². The molecule has 0 heterocycles. The predicted molar refractivity (Wildman–Crippen MR) is 78.2 cm³/mol. The second-order valence-corrected chi connectivity index (χ2v) is 5.45. The Labute approximate surface area is 111 Å². The normalized spacial score (nSPS) is 11.6. The van der Waals surface area contributed by atoms with Crippen LogP contribution in [0, 0.1) is 0 Å². The Bertz CT molecular complexity index is 344. The van der Waals surface area contributed by atoms with E-state index in [1.807, 2.05) is 0 Å². The van der Waals surface area contributed by atoms with Crippen LogP contribution in [0.2, 0.25) is 0 Å². The summed E-state index contributed by atoms with van der Waals surface area (Å²) in [5, 5.41) is 3.45. The SMILES string of the molecule is COC(C)(C)CCNCc1ccc(N(C)C)cc1. The van der Waals surface area contributed by atoms with E-state index in [9.17, 15) is 0 Å². The lowest BCUT2D eigenvalue weighted by Gasteiger charge is -2.22. The van der Waals surface area contributed by atoms with Crippen molar-refractivity contribution >= 4 is 5.69 Å². The molecule has 1 aromatic rings. The first kappa shape index (κ1) is 15.0. The fourth-order valence-corrected chi connectivity index (χ4v) is 1.64. The zero-order chi connectivity index (χ0) is 13.6. The van der Waals surface area contributed by atoms with Crippen molar-refractivity contribution in [2.75, 3.05) is 32.6 Å². The van der Waals surface area contributed by atoms with Crippen molar-refractivity contribution in [2.24, 2.45) is 0 Å². The lowest BCUT2D eigenvalue weighted by molar-refractivity contribution is 0.0158. The summed E-state index contributed by atoms with van der Waals surface area (Å²) in [5.41, 5.74) is 2.51. The molecule has 0 fully saturated rings. The average molecular weight is 250 g/mol. The lowest BCUT2D eigenvalue weighted by Crippen LogP contribution is -2.28. The highest BCUT2D eigenvalue weighted by Crippen LogP contribution is 2.13. The van der Waals surface area contributed by atoms with Crippen LogP contribution in [-0.4, -0.2) is 33.4 Å². The Balaban J connectivity index is 2.32. The molecule has 0 saturated heterocycles. The number of nitrogens with one attached hydrogen (secondary N) is 1. The Morgan fingerprint density at radius 3 is 2.28 bits per heavy atom. The highest BCUT2D eigenvalue weighted by Gasteiger charge is 2.14. The molecule has 0 aliphatic rings. The van der Waals surface area contributed by atoms with Crippen LogP contribution in [0.25, 0.3) is 0 Å². The number of hydrogen-bond donors (Lipinski definition) is 1. The summed E-state index contributed by atoms with van der Waals surface area (Å²) in [5.74, 6) is 0. The van der Waals surface area contributed by atoms with Gasteiger partial charge in [-0.1, -0.05) is 12.1 Å². The Hall–Kier alpha value is -1.06. The smallest absolute Gasteiger partial charge is 0.0634 e. The molecular formula is C15H26N2O. The van der Waals surface area contributed by atoms with Crippen molar-refractivity contribution in [1.29, 1.82) is 0 Å². The minimum absolute atomic E-state index is 0.0399. The minimum atomic E-state index is -0.0399. The number of benzene rings is 1. The first-order valence-electron chi connectivity index (χ1n) is 6.47. The first-order valence-corrected chi connectivity index (χ1v) is 6.47. The van der Waals surface area contributed by atoms with Gasteiger partial charge in [-0.05, 0) is 44.5 Å². The number of hydrogen-bond acceptors (Lipinski definition) is 3. The molecule has 0 saturated carbocycles. The van der Waals surface area contributed by atoms with Crippen molar-refractivity contribution in [3.8, 4) is 0 Å². The molecule has 1 N–H and O–H groups in total. The van der Waals surface area contributed by atoms with Gasteiger partial charge < -0.3 is 15.0 Å². The molecule has 0 aliphatic heterocycles. The number of rotatable bonds is 7. The van der Waals surface area contributed by atoms with Gasteiger partial charge in [0.15, 0.2) is 0 Å². The quantitative estimate of drug-likeness (QED) is 0.753. The second-order valence-electron chi connectivity index (χ2n) is 5.45. The summed E-state index contributed by atoms with van der Waals surface area (Å²) < 4.78 is 5.39. The van der Waals surface area contributed by atoms with Gasteiger partial charge in [-0.15, -0.1) is 0 Å². The highest BCUT2D eigenvalue weighted by atomic mass is 16.5. The number of methoxy groups -OCH3 is 1. The van der Waals surface area contributed by atoms with Gasteiger partial charge >= 0.3 is 0 Å². The summed E-state index contributed by atoms with van der Waals surface area (Å²) in [4.78, 5) is 2.11. The van der Waals surface area contributed by atoms with Crippen LogP contribution in [0.5, 0.6) is 0 Å². The molecule has 1 aromatic carbocycles. The van der Waals surface area contributed by atoms with Gasteiger partial charge in [0.05, 0.1) is 5.60 Å². The summed E-state index contributed by atoms with van der Waals surface area (Å²) in [7, 11) is 5.88. The Morgan fingerprint density at radius 2 is 1.78 bits per heavy atom. The van der Waals surface area contributed by atoms with Crippen LogP contribution in [0.1, 0.15) is 25.8 Å². The van der Waals surface area contributed by atoms with Crippen LogP contribution in [0.4, 0.5) is 5.69 Å². The van der Waals surface area contributed by atoms with Gasteiger partial charge in [0.2, 0.25) is 0 Å². The molecule has 0 unspecified atom stereocenters. The molecule has 102 valence electrons. The van der Waals surface area contributed by atoms with Crippen molar-refractivity contribution < 1.29 is 4.74 Å². The number of ether oxygens (including phenoxy) is 1. The molecule has 0 bridgehead atoms. The summed E-state index contributed by atoms with van der Waals surface area (Å²) in [6.45, 7) is 6.10. The van der Waals surface area contributed by atoms with Gasteiger partial charge in [0.25, 0.3) is 0 Å².